The number of nitrogens with one attached hydrogen (secondary N) is 1. The number of carboxylic acids is 1. The summed E-state index contributed by atoms with van der Waals surface area (Å²) >= 11 is 1.64. The normalized spacial score (nSPS) is 11.4. The number of ether oxygens (including phenoxy) is 1. The molecule has 0 aliphatic carbocycles. The molecule has 2 N–H and O–H groups in total. The number of hydrogen-bond acceptors (Lipinski definition) is 4. The van der Waals surface area contributed by atoms with E-state index in [2.05, 4.69) is 5.32 Å². The van der Waals surface area contributed by atoms with E-state index in [0.717, 1.165) is 16.2 Å². The molecule has 0 fully saturated rings. The van der Waals surface area contributed by atoms with Crippen LogP contribution in [0.5, 0.6) is 5.75 Å². The Morgan fingerprint density at radius 1 is 1.38 bits per heavy atom. The highest BCUT2D eigenvalue weighted by atomic mass is 32.2. The van der Waals surface area contributed by atoms with Gasteiger partial charge in [-0.15, -0.1) is 11.8 Å². The number of benzene rings is 1. The number of carboxylic acid groups (broad SMARTS) is 1. The van der Waals surface area contributed by atoms with Gasteiger partial charge in [-0.1, -0.05) is 19.9 Å². The van der Waals surface area contributed by atoms with Crippen LogP contribution >= 0.6 is 11.8 Å². The Labute approximate surface area is 131 Å². The second-order valence-corrected chi connectivity index (χ2v) is 5.93. The van der Waals surface area contributed by atoms with E-state index < -0.39 is 11.4 Å². The topological polar surface area (TPSA) is 58.6 Å². The third-order valence-corrected chi connectivity index (χ3v) is 4.82. The SMILES string of the molecule is CCC(CC)(CNCc1ccc(SC)c(OC)c1)C(=O)O. The first-order valence-corrected chi connectivity index (χ1v) is 8.40. The monoisotopic (exact) mass is 311 g/mol. The Bertz CT molecular complexity index is 473. The Balaban J connectivity index is 2.69. The lowest BCUT2D eigenvalue weighted by Crippen LogP contribution is -2.40. The number of rotatable bonds is 9. The molecule has 0 heterocycles. The minimum absolute atomic E-state index is 0.474. The van der Waals surface area contributed by atoms with Crippen LogP contribution in [-0.2, 0) is 11.3 Å². The molecule has 1 aromatic carbocycles. The van der Waals surface area contributed by atoms with Crippen molar-refractivity contribution in [3.63, 3.8) is 0 Å². The summed E-state index contributed by atoms with van der Waals surface area (Å²) in [5.41, 5.74) is 0.416. The van der Waals surface area contributed by atoms with Crippen LogP contribution in [0.25, 0.3) is 0 Å². The van der Waals surface area contributed by atoms with Gasteiger partial charge in [-0.2, -0.15) is 0 Å². The maximum absolute atomic E-state index is 11.4. The summed E-state index contributed by atoms with van der Waals surface area (Å²) in [6.45, 7) is 4.97. The molecule has 0 saturated heterocycles. The van der Waals surface area contributed by atoms with E-state index in [0.29, 0.717) is 25.9 Å². The fourth-order valence-electron chi connectivity index (χ4n) is 2.31. The zero-order valence-electron chi connectivity index (χ0n) is 13.2. The molecule has 0 amide bonds. The van der Waals surface area contributed by atoms with E-state index in [1.165, 1.54) is 0 Å². The molecule has 118 valence electrons. The predicted molar refractivity (Wildman–Crippen MR) is 87.1 cm³/mol. The lowest BCUT2D eigenvalue weighted by Gasteiger charge is -2.27. The third-order valence-electron chi connectivity index (χ3n) is 4.05. The van der Waals surface area contributed by atoms with E-state index in [1.807, 2.05) is 38.3 Å². The summed E-state index contributed by atoms with van der Waals surface area (Å²) in [6, 6.07) is 6.07. The predicted octanol–water partition coefficient (Wildman–Crippen LogP) is 3.40. The molecule has 0 bridgehead atoms. The summed E-state index contributed by atoms with van der Waals surface area (Å²) < 4.78 is 5.36. The van der Waals surface area contributed by atoms with Crippen LogP contribution in [0.1, 0.15) is 32.3 Å². The van der Waals surface area contributed by atoms with Gasteiger partial charge in [0.15, 0.2) is 0 Å². The quantitative estimate of drug-likeness (QED) is 0.685. The van der Waals surface area contributed by atoms with Crippen LogP contribution in [0.15, 0.2) is 23.1 Å². The van der Waals surface area contributed by atoms with Crippen LogP contribution in [0.4, 0.5) is 0 Å². The van der Waals surface area contributed by atoms with Crippen molar-refractivity contribution in [3.05, 3.63) is 23.8 Å². The van der Waals surface area contributed by atoms with Crippen molar-refractivity contribution in [1.82, 2.24) is 5.32 Å². The van der Waals surface area contributed by atoms with Gasteiger partial charge in [-0.3, -0.25) is 4.79 Å². The van der Waals surface area contributed by atoms with Gasteiger partial charge in [0.1, 0.15) is 5.75 Å². The van der Waals surface area contributed by atoms with Crippen LogP contribution in [0.3, 0.4) is 0 Å². The lowest BCUT2D eigenvalue weighted by atomic mass is 9.82. The largest absolute Gasteiger partial charge is 0.496 e. The minimum Gasteiger partial charge on any atom is -0.496 e. The van der Waals surface area contributed by atoms with E-state index in [1.54, 1.807) is 18.9 Å². The molecule has 1 aromatic rings. The van der Waals surface area contributed by atoms with E-state index in [4.69, 9.17) is 4.74 Å². The molecule has 0 unspecified atom stereocenters. The zero-order valence-corrected chi connectivity index (χ0v) is 14.0. The molecule has 21 heavy (non-hydrogen) atoms. The summed E-state index contributed by atoms with van der Waals surface area (Å²) in [6.07, 6.45) is 3.26. The summed E-state index contributed by atoms with van der Waals surface area (Å²) in [5.74, 6) is 0.132. The molecule has 0 saturated carbocycles. The molecule has 1 rings (SSSR count). The van der Waals surface area contributed by atoms with Gasteiger partial charge >= 0.3 is 5.97 Å². The molecular formula is C16H25NO3S. The Morgan fingerprint density at radius 3 is 2.52 bits per heavy atom. The molecule has 0 atom stereocenters. The van der Waals surface area contributed by atoms with Crippen molar-refractivity contribution in [2.24, 2.45) is 5.41 Å². The lowest BCUT2D eigenvalue weighted by molar-refractivity contribution is -0.149. The Hall–Kier alpha value is -1.20. The van der Waals surface area contributed by atoms with Gasteiger partial charge in [0, 0.05) is 18.0 Å². The maximum atomic E-state index is 11.4. The second kappa shape index (κ2) is 8.29. The average Bonchev–Trinajstić information content (AvgIpc) is 2.51. The molecule has 4 nitrogen and oxygen atoms in total. The van der Waals surface area contributed by atoms with Crippen molar-refractivity contribution in [2.75, 3.05) is 19.9 Å². The summed E-state index contributed by atoms with van der Waals surface area (Å²) in [5, 5.41) is 12.7. The molecule has 0 radical (unpaired) electrons. The number of thioether (sulfide) groups is 1. The van der Waals surface area contributed by atoms with Crippen molar-refractivity contribution < 1.29 is 14.6 Å². The number of carbonyl (C=O) groups is 1. The fraction of sp³-hybridized carbons (Fsp3) is 0.562. The standard InChI is InChI=1S/C16H25NO3S/c1-5-16(6-2,15(18)19)11-17-10-12-7-8-14(21-4)13(9-12)20-3/h7-9,17H,5-6,10-11H2,1-4H3,(H,18,19). The third kappa shape index (κ3) is 4.38. The van der Waals surface area contributed by atoms with Gasteiger partial charge in [-0.25, -0.2) is 0 Å². The molecule has 5 heteroatoms. The summed E-state index contributed by atoms with van der Waals surface area (Å²) in [4.78, 5) is 12.5. The Morgan fingerprint density at radius 2 is 2.05 bits per heavy atom. The number of aliphatic carboxylic acids is 1. The van der Waals surface area contributed by atoms with E-state index in [9.17, 15) is 9.90 Å². The summed E-state index contributed by atoms with van der Waals surface area (Å²) in [7, 11) is 1.66. The van der Waals surface area contributed by atoms with Crippen molar-refractivity contribution >= 4 is 17.7 Å². The first-order chi connectivity index (χ1) is 10.0. The smallest absolute Gasteiger partial charge is 0.310 e. The highest BCUT2D eigenvalue weighted by Gasteiger charge is 2.34. The zero-order chi connectivity index (χ0) is 15.9. The van der Waals surface area contributed by atoms with Gasteiger partial charge in [-0.05, 0) is 36.8 Å². The van der Waals surface area contributed by atoms with Gasteiger partial charge in [0.2, 0.25) is 0 Å². The first-order valence-electron chi connectivity index (χ1n) is 7.18. The number of hydrogen-bond donors (Lipinski definition) is 2. The molecule has 0 aliphatic heterocycles. The molecular weight excluding hydrogens is 286 g/mol. The van der Waals surface area contributed by atoms with E-state index in [-0.39, 0.29) is 0 Å². The van der Waals surface area contributed by atoms with Gasteiger partial charge in [0.25, 0.3) is 0 Å². The van der Waals surface area contributed by atoms with Crippen molar-refractivity contribution in [2.45, 2.75) is 38.1 Å². The first kappa shape index (κ1) is 17.9. The van der Waals surface area contributed by atoms with Crippen LogP contribution < -0.4 is 10.1 Å². The maximum Gasteiger partial charge on any atom is 0.310 e. The second-order valence-electron chi connectivity index (χ2n) is 5.09. The molecule has 0 spiro atoms. The highest BCUT2D eigenvalue weighted by molar-refractivity contribution is 7.98. The van der Waals surface area contributed by atoms with Crippen LogP contribution in [0, 0.1) is 5.41 Å². The molecule has 0 aromatic heterocycles. The Kier molecular flexibility index (Phi) is 7.05. The number of methoxy groups -OCH3 is 1. The highest BCUT2D eigenvalue weighted by Crippen LogP contribution is 2.29. The fourth-order valence-corrected chi connectivity index (χ4v) is 2.86. The van der Waals surface area contributed by atoms with Crippen molar-refractivity contribution in [3.8, 4) is 5.75 Å². The average molecular weight is 311 g/mol. The molecule has 0 aliphatic rings. The van der Waals surface area contributed by atoms with Crippen LogP contribution in [0.2, 0.25) is 0 Å². The minimum atomic E-state index is -0.727. The van der Waals surface area contributed by atoms with Crippen LogP contribution in [-0.4, -0.2) is 31.0 Å². The van der Waals surface area contributed by atoms with Crippen molar-refractivity contribution in [1.29, 1.82) is 0 Å². The van der Waals surface area contributed by atoms with Gasteiger partial charge in [0.05, 0.1) is 12.5 Å². The van der Waals surface area contributed by atoms with E-state index >= 15 is 0 Å². The van der Waals surface area contributed by atoms with Gasteiger partial charge < -0.3 is 15.2 Å².